The number of alkyl halides is 3. The van der Waals surface area contributed by atoms with Crippen molar-refractivity contribution < 1.29 is 13.2 Å². The minimum Gasteiger partial charge on any atom is -0.315 e. The Hall–Kier alpha value is -1.03. The second-order valence-corrected chi connectivity index (χ2v) is 5.50. The number of rotatable bonds is 1. The van der Waals surface area contributed by atoms with Gasteiger partial charge in [-0.3, -0.25) is 0 Å². The molecule has 17 heavy (non-hydrogen) atoms. The molecule has 1 aliphatic heterocycles. The van der Waals surface area contributed by atoms with Crippen LogP contribution in [0.4, 0.5) is 13.2 Å². The lowest BCUT2D eigenvalue weighted by molar-refractivity contribution is -0.137. The van der Waals surface area contributed by atoms with Gasteiger partial charge in [-0.15, -0.1) is 0 Å². The van der Waals surface area contributed by atoms with Gasteiger partial charge in [0, 0.05) is 18.5 Å². The van der Waals surface area contributed by atoms with Gasteiger partial charge in [-0.05, 0) is 29.5 Å². The van der Waals surface area contributed by atoms with E-state index in [-0.39, 0.29) is 10.8 Å². The third-order valence-electron chi connectivity index (χ3n) is 4.43. The van der Waals surface area contributed by atoms with Gasteiger partial charge in [0.2, 0.25) is 0 Å². The van der Waals surface area contributed by atoms with Crippen LogP contribution < -0.4 is 5.32 Å². The van der Waals surface area contributed by atoms with Crippen LogP contribution in [0.3, 0.4) is 0 Å². The largest absolute Gasteiger partial charge is 0.416 e. The van der Waals surface area contributed by atoms with Crippen LogP contribution in [0.15, 0.2) is 24.3 Å². The molecule has 0 bridgehead atoms. The predicted molar refractivity (Wildman–Crippen MR) is 58.7 cm³/mol. The molecule has 2 atom stereocenters. The van der Waals surface area contributed by atoms with Crippen molar-refractivity contribution in [1.29, 1.82) is 0 Å². The van der Waals surface area contributed by atoms with Crippen LogP contribution in [0.25, 0.3) is 0 Å². The van der Waals surface area contributed by atoms with E-state index in [0.29, 0.717) is 0 Å². The molecular formula is C13H14F3N. The highest BCUT2D eigenvalue weighted by Crippen LogP contribution is 2.66. The molecule has 2 aliphatic rings. The van der Waals surface area contributed by atoms with E-state index in [0.717, 1.165) is 25.1 Å². The maximum absolute atomic E-state index is 12.5. The zero-order chi connectivity index (χ0) is 12.3. The average Bonchev–Trinajstić information content (AvgIpc) is 2.72. The maximum atomic E-state index is 12.5. The number of fused-ring (bicyclic) bond motifs is 1. The van der Waals surface area contributed by atoms with Crippen molar-refractivity contribution in [3.8, 4) is 0 Å². The topological polar surface area (TPSA) is 12.0 Å². The van der Waals surface area contributed by atoms with Gasteiger partial charge < -0.3 is 5.32 Å². The molecule has 0 radical (unpaired) electrons. The Morgan fingerprint density at radius 3 is 2.18 bits per heavy atom. The van der Waals surface area contributed by atoms with E-state index < -0.39 is 11.7 Å². The maximum Gasteiger partial charge on any atom is 0.416 e. The van der Waals surface area contributed by atoms with E-state index in [1.807, 2.05) is 0 Å². The fourth-order valence-electron chi connectivity index (χ4n) is 3.21. The highest BCUT2D eigenvalue weighted by molar-refractivity contribution is 5.42. The van der Waals surface area contributed by atoms with Crippen LogP contribution in [0.5, 0.6) is 0 Å². The minimum absolute atomic E-state index is 0.0805. The first-order valence-electron chi connectivity index (χ1n) is 5.76. The Bertz CT molecular complexity index is 447. The Morgan fingerprint density at radius 2 is 1.76 bits per heavy atom. The summed E-state index contributed by atoms with van der Waals surface area (Å²) in [4.78, 5) is 0. The van der Waals surface area contributed by atoms with Crippen molar-refractivity contribution in [3.63, 3.8) is 0 Å². The Balaban J connectivity index is 1.92. The molecule has 0 aromatic heterocycles. The van der Waals surface area contributed by atoms with E-state index >= 15 is 0 Å². The molecule has 1 aliphatic carbocycles. The summed E-state index contributed by atoms with van der Waals surface area (Å²) in [5.41, 5.74) is 0.799. The first-order valence-corrected chi connectivity index (χ1v) is 5.76. The number of piperidine rings is 1. The molecule has 92 valence electrons. The van der Waals surface area contributed by atoms with Gasteiger partial charge in [-0.2, -0.15) is 13.2 Å². The summed E-state index contributed by atoms with van der Waals surface area (Å²) in [6, 6.07) is 5.67. The minimum atomic E-state index is -4.24. The van der Waals surface area contributed by atoms with E-state index in [1.165, 1.54) is 12.1 Å². The first kappa shape index (κ1) is 11.1. The monoisotopic (exact) mass is 241 g/mol. The number of halogens is 3. The van der Waals surface area contributed by atoms with Gasteiger partial charge in [-0.1, -0.05) is 19.1 Å². The standard InChI is InChI=1S/C13H14F3N/c1-11-6-12(11,8-17-7-11)9-2-4-10(5-3-9)13(14,15)16/h2-5,17H,6-8H2,1H3. The fourth-order valence-corrected chi connectivity index (χ4v) is 3.21. The lowest BCUT2D eigenvalue weighted by Gasteiger charge is -2.15. The fraction of sp³-hybridized carbons (Fsp3) is 0.538. The molecule has 1 aromatic carbocycles. The predicted octanol–water partition coefficient (Wildman–Crippen LogP) is 2.96. The van der Waals surface area contributed by atoms with Crippen molar-refractivity contribution >= 4 is 0 Å². The zero-order valence-electron chi connectivity index (χ0n) is 9.56. The quantitative estimate of drug-likeness (QED) is 0.797. The second-order valence-electron chi connectivity index (χ2n) is 5.50. The highest BCUT2D eigenvalue weighted by atomic mass is 19.4. The highest BCUT2D eigenvalue weighted by Gasteiger charge is 2.67. The van der Waals surface area contributed by atoms with Gasteiger partial charge in [0.05, 0.1) is 5.56 Å². The van der Waals surface area contributed by atoms with Gasteiger partial charge in [-0.25, -0.2) is 0 Å². The molecule has 1 aromatic rings. The third-order valence-corrected chi connectivity index (χ3v) is 4.43. The lowest BCUT2D eigenvalue weighted by atomic mass is 9.89. The average molecular weight is 241 g/mol. The molecule has 3 rings (SSSR count). The van der Waals surface area contributed by atoms with Crippen molar-refractivity contribution in [2.75, 3.05) is 13.1 Å². The van der Waals surface area contributed by atoms with E-state index in [9.17, 15) is 13.2 Å². The van der Waals surface area contributed by atoms with Crippen molar-refractivity contribution in [2.24, 2.45) is 5.41 Å². The molecule has 1 heterocycles. The Labute approximate surface area is 98.0 Å². The molecule has 2 unspecified atom stereocenters. The third kappa shape index (κ3) is 1.43. The van der Waals surface area contributed by atoms with E-state index in [4.69, 9.17) is 0 Å². The van der Waals surface area contributed by atoms with Crippen molar-refractivity contribution in [1.82, 2.24) is 5.32 Å². The number of hydrogen-bond donors (Lipinski definition) is 1. The summed E-state index contributed by atoms with van der Waals surface area (Å²) in [7, 11) is 0. The van der Waals surface area contributed by atoms with Crippen LogP contribution in [0.2, 0.25) is 0 Å². The van der Waals surface area contributed by atoms with Crippen molar-refractivity contribution in [3.05, 3.63) is 35.4 Å². The number of nitrogens with one attached hydrogen (secondary N) is 1. The first-order chi connectivity index (χ1) is 7.87. The molecule has 1 N–H and O–H groups in total. The number of benzene rings is 1. The Morgan fingerprint density at radius 1 is 1.12 bits per heavy atom. The summed E-state index contributed by atoms with van der Waals surface area (Å²) < 4.78 is 37.4. The Kier molecular flexibility index (Phi) is 1.99. The summed E-state index contributed by atoms with van der Waals surface area (Å²) in [6.07, 6.45) is -3.16. The smallest absolute Gasteiger partial charge is 0.315 e. The van der Waals surface area contributed by atoms with E-state index in [1.54, 1.807) is 12.1 Å². The van der Waals surface area contributed by atoms with Crippen LogP contribution in [-0.4, -0.2) is 13.1 Å². The van der Waals surface area contributed by atoms with E-state index in [2.05, 4.69) is 12.2 Å². The summed E-state index contributed by atoms with van der Waals surface area (Å²) in [5, 5.41) is 3.32. The van der Waals surface area contributed by atoms with Crippen LogP contribution in [-0.2, 0) is 11.6 Å². The van der Waals surface area contributed by atoms with Gasteiger partial charge in [0.1, 0.15) is 0 Å². The van der Waals surface area contributed by atoms with Crippen molar-refractivity contribution in [2.45, 2.75) is 24.9 Å². The summed E-state index contributed by atoms with van der Waals surface area (Å²) in [5.74, 6) is 0. The summed E-state index contributed by atoms with van der Waals surface area (Å²) >= 11 is 0. The second kappa shape index (κ2) is 3.05. The molecule has 0 spiro atoms. The van der Waals surface area contributed by atoms with Gasteiger partial charge in [0.25, 0.3) is 0 Å². The lowest BCUT2D eigenvalue weighted by Crippen LogP contribution is -2.19. The van der Waals surface area contributed by atoms with Crippen LogP contribution in [0.1, 0.15) is 24.5 Å². The zero-order valence-corrected chi connectivity index (χ0v) is 9.56. The molecule has 2 fully saturated rings. The van der Waals surface area contributed by atoms with Gasteiger partial charge in [0.15, 0.2) is 0 Å². The normalized spacial score (nSPS) is 35.8. The molecular weight excluding hydrogens is 227 g/mol. The molecule has 1 nitrogen and oxygen atoms in total. The summed E-state index contributed by atoms with van der Waals surface area (Å²) in [6.45, 7) is 4.05. The molecule has 1 saturated heterocycles. The molecule has 0 amide bonds. The number of hydrogen-bond acceptors (Lipinski definition) is 1. The molecule has 1 saturated carbocycles. The SMILES string of the molecule is CC12CNCC1(c1ccc(C(F)(F)F)cc1)C2. The van der Waals surface area contributed by atoms with Crippen LogP contribution >= 0.6 is 0 Å². The molecule has 4 heteroatoms. The van der Waals surface area contributed by atoms with Crippen LogP contribution in [0, 0.1) is 5.41 Å². The van der Waals surface area contributed by atoms with Gasteiger partial charge >= 0.3 is 6.18 Å².